The molecule has 0 bridgehead atoms. The van der Waals surface area contributed by atoms with Crippen LogP contribution in [0.15, 0.2) is 17.1 Å². The van der Waals surface area contributed by atoms with Crippen molar-refractivity contribution >= 4 is 20.0 Å². The summed E-state index contributed by atoms with van der Waals surface area (Å²) in [4.78, 5) is 13.8. The smallest absolute Gasteiger partial charge is 0.383 e. The molecule has 2 N–H and O–H groups in total. The van der Waals surface area contributed by atoms with E-state index in [0.29, 0.717) is 0 Å². The maximum absolute atomic E-state index is 12.5. The molecule has 0 amide bonds. The minimum atomic E-state index is -3.79. The van der Waals surface area contributed by atoms with Gasteiger partial charge in [-0.25, -0.2) is 4.57 Å². The van der Waals surface area contributed by atoms with E-state index in [1.807, 2.05) is 0 Å². The first kappa shape index (κ1) is 17.9. The van der Waals surface area contributed by atoms with Crippen molar-refractivity contribution < 1.29 is 28.0 Å². The summed E-state index contributed by atoms with van der Waals surface area (Å²) in [5.41, 5.74) is -1.93. The van der Waals surface area contributed by atoms with Crippen molar-refractivity contribution in [3.8, 4) is 0 Å². The van der Waals surface area contributed by atoms with Gasteiger partial charge >= 0.3 is 7.82 Å². The number of H-pyrrole nitrogens is 1. The van der Waals surface area contributed by atoms with Crippen LogP contribution in [0.4, 0.5) is 0 Å². The fourth-order valence-electron chi connectivity index (χ4n) is 2.80. The molecule has 1 aromatic heterocycles. The average Bonchev–Trinajstić information content (AvgIpc) is 2.69. The second-order valence-corrected chi connectivity index (χ2v) is 8.15. The Morgan fingerprint density at radius 2 is 2.29 bits per heavy atom. The van der Waals surface area contributed by atoms with Gasteiger partial charge in [-0.1, -0.05) is 0 Å². The monoisotopic (exact) mass is 378 g/mol. The van der Waals surface area contributed by atoms with Crippen molar-refractivity contribution in [2.45, 2.75) is 50.9 Å². The minimum absolute atomic E-state index is 0.0575. The Balaban J connectivity index is 1.91. The van der Waals surface area contributed by atoms with E-state index in [9.17, 15) is 14.5 Å². The van der Waals surface area contributed by atoms with Gasteiger partial charge in [0.2, 0.25) is 0 Å². The van der Waals surface area contributed by atoms with E-state index in [2.05, 4.69) is 4.98 Å². The van der Waals surface area contributed by atoms with E-state index in [4.69, 9.17) is 30.5 Å². The number of nitrogens with one attached hydrogen (secondary N) is 1. The number of aromatic amines is 1. The third-order valence-electron chi connectivity index (χ3n) is 3.80. The number of fused-ring (bicyclic) bond motifs is 1. The van der Waals surface area contributed by atoms with Crippen LogP contribution in [0, 0.1) is 4.77 Å². The summed E-state index contributed by atoms with van der Waals surface area (Å²) in [6.45, 7) is 4.83. The zero-order chi connectivity index (χ0) is 17.7. The molecule has 0 aromatic carbocycles. The average molecular weight is 378 g/mol. The second-order valence-electron chi connectivity index (χ2n) is 6.19. The Morgan fingerprint density at radius 1 is 1.58 bits per heavy atom. The van der Waals surface area contributed by atoms with Crippen LogP contribution in [-0.4, -0.2) is 45.2 Å². The van der Waals surface area contributed by atoms with Crippen LogP contribution >= 0.6 is 20.0 Å². The third-order valence-corrected chi connectivity index (χ3v) is 5.74. The Bertz CT molecular complexity index is 789. The normalized spacial score (nSPS) is 39.1. The van der Waals surface area contributed by atoms with Gasteiger partial charge in [0.25, 0.3) is 5.56 Å². The van der Waals surface area contributed by atoms with Crippen molar-refractivity contribution in [3.05, 3.63) is 27.4 Å². The molecule has 3 rings (SSSR count). The largest absolute Gasteiger partial charge is 0.475 e. The summed E-state index contributed by atoms with van der Waals surface area (Å²) in [5.74, 6) is 0. The van der Waals surface area contributed by atoms with Crippen LogP contribution in [0.5, 0.6) is 0 Å². The highest BCUT2D eigenvalue weighted by molar-refractivity contribution is 7.71. The van der Waals surface area contributed by atoms with Gasteiger partial charge in [0.15, 0.2) is 11.0 Å². The summed E-state index contributed by atoms with van der Waals surface area (Å²) in [6, 6.07) is 1.27. The maximum Gasteiger partial charge on any atom is 0.475 e. The lowest BCUT2D eigenvalue weighted by Crippen LogP contribution is -2.48. The van der Waals surface area contributed by atoms with Crippen molar-refractivity contribution in [1.29, 1.82) is 0 Å². The third kappa shape index (κ3) is 3.15. The van der Waals surface area contributed by atoms with Gasteiger partial charge in [-0.2, -0.15) is 0 Å². The molecule has 0 radical (unpaired) electrons. The van der Waals surface area contributed by atoms with Crippen molar-refractivity contribution in [2.75, 3.05) is 6.61 Å². The molecule has 3 heterocycles. The molecule has 2 fully saturated rings. The molecule has 2 aliphatic rings. The predicted octanol–water partition coefficient (Wildman–Crippen LogP) is 1.50. The fourth-order valence-corrected chi connectivity index (χ4v) is 4.70. The number of phosphoric acid groups is 1. The molecule has 2 unspecified atom stereocenters. The van der Waals surface area contributed by atoms with Crippen LogP contribution in [0.3, 0.4) is 0 Å². The standard InChI is InChI=1S/C13H19N2O7PS/c1-7(2)21-23(18)19-6-8-10(22-23)13(3,17)11(20-8)15-5-4-9(16)14-12(15)24/h4-5,7-8,10-11,17H,6H2,1-3H3,(H,14,16,24)/t8-,10+,11-,13?,23?/m1/s1. The molecule has 24 heavy (non-hydrogen) atoms. The fraction of sp³-hybridized carbons (Fsp3) is 0.692. The predicted molar refractivity (Wildman–Crippen MR) is 85.1 cm³/mol. The zero-order valence-corrected chi connectivity index (χ0v) is 15.1. The molecule has 2 saturated heterocycles. The topological polar surface area (TPSA) is 112 Å². The Labute approximate surface area is 143 Å². The van der Waals surface area contributed by atoms with Crippen LogP contribution in [0.25, 0.3) is 0 Å². The number of phosphoric ester groups is 1. The summed E-state index contributed by atoms with van der Waals surface area (Å²) in [5, 5.41) is 10.9. The summed E-state index contributed by atoms with van der Waals surface area (Å²) < 4.78 is 35.7. The van der Waals surface area contributed by atoms with Gasteiger partial charge in [-0.15, -0.1) is 0 Å². The second kappa shape index (κ2) is 6.14. The van der Waals surface area contributed by atoms with Gasteiger partial charge in [-0.3, -0.25) is 27.9 Å². The molecular weight excluding hydrogens is 359 g/mol. The first-order valence-corrected chi connectivity index (χ1v) is 9.30. The molecule has 0 aliphatic carbocycles. The SMILES string of the molecule is CC(C)OP1(=O)OC[C@H]2O[C@@H](n3ccc(=O)[nH]c3=S)C(C)(O)[C@H]2O1. The van der Waals surface area contributed by atoms with E-state index in [0.717, 1.165) is 0 Å². The van der Waals surface area contributed by atoms with Crippen LogP contribution < -0.4 is 5.56 Å². The van der Waals surface area contributed by atoms with Crippen molar-refractivity contribution in [3.63, 3.8) is 0 Å². The van der Waals surface area contributed by atoms with E-state index >= 15 is 0 Å². The molecule has 5 atom stereocenters. The maximum atomic E-state index is 12.5. The van der Waals surface area contributed by atoms with Gasteiger partial charge in [0, 0.05) is 12.3 Å². The number of aromatic nitrogens is 2. The van der Waals surface area contributed by atoms with E-state index in [1.165, 1.54) is 23.8 Å². The van der Waals surface area contributed by atoms with Crippen LogP contribution in [-0.2, 0) is 22.9 Å². The minimum Gasteiger partial charge on any atom is -0.383 e. The highest BCUT2D eigenvalue weighted by Crippen LogP contribution is 2.59. The number of nitrogens with zero attached hydrogens (tertiary/aromatic N) is 1. The Morgan fingerprint density at radius 3 is 2.92 bits per heavy atom. The van der Waals surface area contributed by atoms with Crippen molar-refractivity contribution in [1.82, 2.24) is 9.55 Å². The summed E-state index contributed by atoms with van der Waals surface area (Å²) in [6.07, 6.45) is -1.48. The molecule has 0 saturated carbocycles. The lowest BCUT2D eigenvalue weighted by Gasteiger charge is -2.35. The number of aliphatic hydroxyl groups is 1. The molecule has 134 valence electrons. The molecule has 1 aromatic rings. The summed E-state index contributed by atoms with van der Waals surface area (Å²) >= 11 is 5.11. The zero-order valence-electron chi connectivity index (χ0n) is 13.4. The van der Waals surface area contributed by atoms with E-state index in [1.54, 1.807) is 13.8 Å². The quantitative estimate of drug-likeness (QED) is 0.601. The Kier molecular flexibility index (Phi) is 4.59. The Hall–Kier alpha value is -0.870. The summed E-state index contributed by atoms with van der Waals surface area (Å²) in [7, 11) is -3.79. The van der Waals surface area contributed by atoms with Gasteiger partial charge < -0.3 is 9.84 Å². The first-order chi connectivity index (χ1) is 11.1. The highest BCUT2D eigenvalue weighted by Gasteiger charge is 2.60. The van der Waals surface area contributed by atoms with Gasteiger partial charge in [-0.05, 0) is 33.0 Å². The number of hydrogen-bond donors (Lipinski definition) is 2. The van der Waals surface area contributed by atoms with Crippen molar-refractivity contribution in [2.24, 2.45) is 0 Å². The van der Waals surface area contributed by atoms with Crippen LogP contribution in [0.1, 0.15) is 27.0 Å². The lowest BCUT2D eigenvalue weighted by atomic mass is 9.96. The number of ether oxygens (including phenoxy) is 1. The molecule has 11 heteroatoms. The molecule has 0 spiro atoms. The van der Waals surface area contributed by atoms with E-state index in [-0.39, 0.29) is 23.0 Å². The number of rotatable bonds is 3. The van der Waals surface area contributed by atoms with Gasteiger partial charge in [0.05, 0.1) is 12.7 Å². The molecular formula is C13H19N2O7PS. The molecule has 9 nitrogen and oxygen atoms in total. The van der Waals surface area contributed by atoms with Crippen LogP contribution in [0.2, 0.25) is 0 Å². The van der Waals surface area contributed by atoms with E-state index < -0.39 is 31.9 Å². The highest BCUT2D eigenvalue weighted by atomic mass is 32.1. The number of hydrogen-bond acceptors (Lipinski definition) is 8. The first-order valence-electron chi connectivity index (χ1n) is 7.43. The van der Waals surface area contributed by atoms with Gasteiger partial charge in [0.1, 0.15) is 17.8 Å². The lowest BCUT2D eigenvalue weighted by molar-refractivity contribution is -0.0939. The molecule has 2 aliphatic heterocycles.